The number of allylic oxidation sites excluding steroid dienone is 3. The van der Waals surface area contributed by atoms with Crippen LogP contribution >= 0.6 is 0 Å². The molecule has 1 aliphatic heterocycles. The molecule has 0 spiro atoms. The van der Waals surface area contributed by atoms with Crippen molar-refractivity contribution in [1.82, 2.24) is 5.32 Å². The Balaban J connectivity index is 1.66. The van der Waals surface area contributed by atoms with E-state index >= 15 is 0 Å². The monoisotopic (exact) mass is 419 g/mol. The summed E-state index contributed by atoms with van der Waals surface area (Å²) in [6.45, 7) is 1.80. The van der Waals surface area contributed by atoms with Gasteiger partial charge in [-0.05, 0) is 51.2 Å². The first kappa shape index (κ1) is 19.8. The van der Waals surface area contributed by atoms with Gasteiger partial charge in [0.15, 0.2) is 5.43 Å². The number of esters is 1. The zero-order valence-corrected chi connectivity index (χ0v) is 17.5. The quantitative estimate of drug-likeness (QED) is 0.754. The first-order chi connectivity index (χ1) is 15.0. The van der Waals surface area contributed by atoms with Crippen LogP contribution in [0.2, 0.25) is 0 Å². The Morgan fingerprint density at radius 3 is 2.71 bits per heavy atom. The molecular formula is C25H25NO5. The molecule has 1 saturated carbocycles. The van der Waals surface area contributed by atoms with Gasteiger partial charge in [-0.25, -0.2) is 4.79 Å². The molecule has 1 aromatic heterocycles. The second kappa shape index (κ2) is 7.84. The fraction of sp³-hybridized carbons (Fsp3) is 0.400. The van der Waals surface area contributed by atoms with E-state index in [4.69, 9.17) is 9.15 Å². The Morgan fingerprint density at radius 1 is 1.13 bits per heavy atom. The normalized spacial score (nSPS) is 24.0. The molecule has 1 N–H and O–H groups in total. The number of benzene rings is 1. The lowest BCUT2D eigenvalue weighted by molar-refractivity contribution is -0.144. The lowest BCUT2D eigenvalue weighted by Crippen LogP contribution is -2.42. The number of hydrogen-bond acceptors (Lipinski definition) is 6. The number of carbonyl (C=O) groups is 2. The number of rotatable bonds is 3. The molecular weight excluding hydrogens is 394 g/mol. The van der Waals surface area contributed by atoms with Crippen molar-refractivity contribution < 1.29 is 18.7 Å². The summed E-state index contributed by atoms with van der Waals surface area (Å²) >= 11 is 0. The molecule has 31 heavy (non-hydrogen) atoms. The van der Waals surface area contributed by atoms with Crippen molar-refractivity contribution in [3.8, 4) is 0 Å². The van der Waals surface area contributed by atoms with Gasteiger partial charge in [0.25, 0.3) is 0 Å². The number of ketones is 1. The number of ether oxygens (including phenoxy) is 1. The number of hydrogen-bond donors (Lipinski definition) is 1. The van der Waals surface area contributed by atoms with Gasteiger partial charge in [0.1, 0.15) is 17.5 Å². The highest BCUT2D eigenvalue weighted by Gasteiger charge is 2.45. The highest BCUT2D eigenvalue weighted by atomic mass is 16.5. The Morgan fingerprint density at radius 2 is 1.90 bits per heavy atom. The van der Waals surface area contributed by atoms with Crippen LogP contribution in [0.25, 0.3) is 11.0 Å². The molecule has 1 fully saturated rings. The minimum Gasteiger partial charge on any atom is -0.464 e. The van der Waals surface area contributed by atoms with E-state index in [1.807, 2.05) is 6.08 Å². The molecule has 2 unspecified atom stereocenters. The summed E-state index contributed by atoms with van der Waals surface area (Å²) < 4.78 is 11.6. The number of nitrogens with one attached hydrogen (secondary N) is 1. The number of para-hydroxylation sites is 1. The Labute approximate surface area is 180 Å². The van der Waals surface area contributed by atoms with Crippen molar-refractivity contribution in [2.75, 3.05) is 0 Å². The first-order valence-corrected chi connectivity index (χ1v) is 11.0. The maximum absolute atomic E-state index is 13.4. The van der Waals surface area contributed by atoms with Gasteiger partial charge >= 0.3 is 5.97 Å². The third kappa shape index (κ3) is 3.40. The van der Waals surface area contributed by atoms with E-state index in [1.165, 1.54) is 6.26 Å². The molecule has 2 atom stereocenters. The predicted octanol–water partition coefficient (Wildman–Crippen LogP) is 4.10. The van der Waals surface area contributed by atoms with Crippen LogP contribution in [0, 0.1) is 5.92 Å². The lowest BCUT2D eigenvalue weighted by Gasteiger charge is -2.37. The maximum atomic E-state index is 13.4. The van der Waals surface area contributed by atoms with Gasteiger partial charge in [0.05, 0.1) is 23.1 Å². The molecule has 2 heterocycles. The third-order valence-corrected chi connectivity index (χ3v) is 6.65. The van der Waals surface area contributed by atoms with Crippen molar-refractivity contribution in [1.29, 1.82) is 0 Å². The predicted molar refractivity (Wildman–Crippen MR) is 115 cm³/mol. The van der Waals surface area contributed by atoms with Crippen molar-refractivity contribution in [3.05, 3.63) is 69.4 Å². The van der Waals surface area contributed by atoms with Gasteiger partial charge in [-0.2, -0.15) is 0 Å². The fourth-order valence-electron chi connectivity index (χ4n) is 5.15. The zero-order valence-electron chi connectivity index (χ0n) is 17.5. The van der Waals surface area contributed by atoms with E-state index in [-0.39, 0.29) is 17.3 Å². The third-order valence-electron chi connectivity index (χ3n) is 6.65. The van der Waals surface area contributed by atoms with E-state index in [0.717, 1.165) is 31.4 Å². The standard InChI is InChI=1S/C25H25NO5/c1-14-21(25(29)31-15-7-2-3-8-15)22(23-18(26-14)10-6-11-19(23)27)17-13-30-20-12-5-4-9-16(20)24(17)28/h4-5,9-10,12-13,15,22-23,26H,2-3,6-8,11H2,1H3. The zero-order chi connectivity index (χ0) is 21.5. The molecule has 6 nitrogen and oxygen atoms in total. The van der Waals surface area contributed by atoms with Crippen LogP contribution in [0.1, 0.15) is 56.9 Å². The second-order valence-electron chi connectivity index (χ2n) is 8.61. The van der Waals surface area contributed by atoms with Gasteiger partial charge in [-0.1, -0.05) is 18.2 Å². The van der Waals surface area contributed by atoms with Gasteiger partial charge in [-0.3, -0.25) is 9.59 Å². The minimum atomic E-state index is -0.727. The molecule has 1 aromatic carbocycles. The first-order valence-electron chi connectivity index (χ1n) is 11.0. The average Bonchev–Trinajstić information content (AvgIpc) is 3.26. The summed E-state index contributed by atoms with van der Waals surface area (Å²) in [6.07, 6.45) is 8.10. The Hall–Kier alpha value is -3.15. The molecule has 2 aromatic rings. The SMILES string of the molecule is CC1=C(C(=O)OC2CCCC2)C(c2coc3ccccc3c2=O)C2C(=O)CCC=C2N1. The lowest BCUT2D eigenvalue weighted by atomic mass is 9.71. The van der Waals surface area contributed by atoms with Gasteiger partial charge in [0, 0.05) is 29.3 Å². The average molecular weight is 419 g/mol. The molecule has 0 bridgehead atoms. The van der Waals surface area contributed by atoms with Crippen LogP contribution in [-0.4, -0.2) is 17.9 Å². The van der Waals surface area contributed by atoms with E-state index in [1.54, 1.807) is 31.2 Å². The van der Waals surface area contributed by atoms with E-state index in [9.17, 15) is 14.4 Å². The topological polar surface area (TPSA) is 85.6 Å². The number of fused-ring (bicyclic) bond motifs is 2. The maximum Gasteiger partial charge on any atom is 0.336 e. The summed E-state index contributed by atoms with van der Waals surface area (Å²) in [4.78, 5) is 39.8. The van der Waals surface area contributed by atoms with E-state index in [2.05, 4.69) is 5.32 Å². The van der Waals surface area contributed by atoms with Crippen molar-refractivity contribution in [2.45, 2.75) is 57.5 Å². The highest BCUT2D eigenvalue weighted by molar-refractivity contribution is 5.96. The largest absolute Gasteiger partial charge is 0.464 e. The fourth-order valence-corrected chi connectivity index (χ4v) is 5.15. The summed E-state index contributed by atoms with van der Waals surface area (Å²) in [5.74, 6) is -1.78. The van der Waals surface area contributed by atoms with Crippen molar-refractivity contribution in [3.63, 3.8) is 0 Å². The second-order valence-corrected chi connectivity index (χ2v) is 8.61. The van der Waals surface area contributed by atoms with Crippen molar-refractivity contribution in [2.24, 2.45) is 5.92 Å². The van der Waals surface area contributed by atoms with E-state index in [0.29, 0.717) is 40.6 Å². The summed E-state index contributed by atoms with van der Waals surface area (Å²) in [7, 11) is 0. The molecule has 0 radical (unpaired) electrons. The summed E-state index contributed by atoms with van der Waals surface area (Å²) in [6, 6.07) is 7.02. The van der Waals surface area contributed by atoms with Gasteiger partial charge in [-0.15, -0.1) is 0 Å². The molecule has 6 heteroatoms. The van der Waals surface area contributed by atoms with Crippen molar-refractivity contribution >= 4 is 22.7 Å². The molecule has 2 aliphatic carbocycles. The highest BCUT2D eigenvalue weighted by Crippen LogP contribution is 2.43. The van der Waals surface area contributed by atoms with Crippen LogP contribution in [0.3, 0.4) is 0 Å². The molecule has 0 amide bonds. The number of Topliss-reactive ketones (excluding diaryl/α,β-unsaturated/α-hetero) is 1. The number of carbonyl (C=O) groups excluding carboxylic acids is 2. The van der Waals surface area contributed by atoms with Gasteiger partial charge < -0.3 is 14.5 Å². The molecule has 5 rings (SSSR count). The van der Waals surface area contributed by atoms with Gasteiger partial charge in [0.2, 0.25) is 0 Å². The smallest absolute Gasteiger partial charge is 0.336 e. The van der Waals surface area contributed by atoms with Crippen LogP contribution in [0.4, 0.5) is 0 Å². The Bertz CT molecular complexity index is 1180. The van der Waals surface area contributed by atoms with E-state index < -0.39 is 17.8 Å². The minimum absolute atomic E-state index is 0.0150. The van der Waals surface area contributed by atoms with Crippen LogP contribution in [-0.2, 0) is 14.3 Å². The van der Waals surface area contributed by atoms with Crippen LogP contribution < -0.4 is 10.7 Å². The molecule has 3 aliphatic rings. The molecule has 160 valence electrons. The van der Waals surface area contributed by atoms with Crippen LogP contribution in [0.5, 0.6) is 0 Å². The van der Waals surface area contributed by atoms with Crippen LogP contribution in [0.15, 0.2) is 62.8 Å². The molecule has 0 saturated heterocycles. The summed E-state index contributed by atoms with van der Waals surface area (Å²) in [5.41, 5.74) is 2.31. The summed E-state index contributed by atoms with van der Waals surface area (Å²) in [5, 5.41) is 3.69. The Kier molecular flexibility index (Phi) is 5.00.